The molecular formula is C35H37F7N4O5S. The fourth-order valence-corrected chi connectivity index (χ4v) is 7.87. The van der Waals surface area contributed by atoms with Crippen molar-refractivity contribution in [2.75, 3.05) is 19.6 Å². The summed E-state index contributed by atoms with van der Waals surface area (Å²) in [4.78, 5) is 45.3. The quantitative estimate of drug-likeness (QED) is 0.213. The lowest BCUT2D eigenvalue weighted by Crippen LogP contribution is -2.69. The Balaban J connectivity index is 1.52. The number of nitrogens with zero attached hydrogens (tertiary/aromatic N) is 3. The molecule has 2 aliphatic heterocycles. The zero-order valence-electron chi connectivity index (χ0n) is 28.0. The summed E-state index contributed by atoms with van der Waals surface area (Å²) >= 11 is 0.345. The van der Waals surface area contributed by atoms with Gasteiger partial charge in [0.1, 0.15) is 22.1 Å². The molecule has 3 aromatic rings. The average Bonchev–Trinajstić information content (AvgIpc) is 3.57. The Bertz CT molecular complexity index is 1790. The summed E-state index contributed by atoms with van der Waals surface area (Å²) in [5, 5.41) is 10.3. The smallest absolute Gasteiger partial charge is 0.425 e. The van der Waals surface area contributed by atoms with E-state index in [9.17, 15) is 50.2 Å². The Morgan fingerprint density at radius 3 is 2.37 bits per heavy atom. The molecule has 0 unspecified atom stereocenters. The van der Waals surface area contributed by atoms with E-state index in [-0.39, 0.29) is 70.3 Å². The number of hydrogen-bond acceptors (Lipinski definition) is 7. The highest BCUT2D eigenvalue weighted by molar-refractivity contribution is 7.10. The van der Waals surface area contributed by atoms with Crippen molar-refractivity contribution in [1.29, 1.82) is 0 Å². The highest BCUT2D eigenvalue weighted by atomic mass is 32.1. The third kappa shape index (κ3) is 8.04. The lowest BCUT2D eigenvalue weighted by atomic mass is 9.76. The molecule has 17 heteroatoms. The number of amides is 2. The van der Waals surface area contributed by atoms with Gasteiger partial charge in [-0.2, -0.15) is 26.3 Å². The molecule has 2 fully saturated rings. The van der Waals surface area contributed by atoms with Gasteiger partial charge in [0.2, 0.25) is 5.60 Å². The number of carboxylic acids is 1. The van der Waals surface area contributed by atoms with Gasteiger partial charge in [-0.25, -0.2) is 4.39 Å². The minimum Gasteiger partial charge on any atom is -0.481 e. The Labute approximate surface area is 298 Å². The number of carbonyl (C=O) groups is 3. The minimum atomic E-state index is -4.93. The molecule has 0 aliphatic carbocycles. The van der Waals surface area contributed by atoms with Crippen molar-refractivity contribution in [3.63, 3.8) is 0 Å². The van der Waals surface area contributed by atoms with Crippen molar-refractivity contribution < 1.29 is 55.0 Å². The molecule has 1 aromatic carbocycles. The number of thiophene rings is 1. The van der Waals surface area contributed by atoms with E-state index in [1.807, 2.05) is 0 Å². The number of piperidine rings is 2. The van der Waals surface area contributed by atoms with Gasteiger partial charge < -0.3 is 25.4 Å². The van der Waals surface area contributed by atoms with Crippen LogP contribution in [0.2, 0.25) is 0 Å². The van der Waals surface area contributed by atoms with E-state index in [1.165, 1.54) is 23.1 Å². The molecule has 2 atom stereocenters. The van der Waals surface area contributed by atoms with E-state index in [1.54, 1.807) is 6.92 Å². The van der Waals surface area contributed by atoms with Gasteiger partial charge in [-0.1, -0.05) is 19.4 Å². The lowest BCUT2D eigenvalue weighted by molar-refractivity contribution is -0.161. The molecule has 2 amide bonds. The summed E-state index contributed by atoms with van der Waals surface area (Å²) in [5.41, 5.74) is 2.37. The molecule has 9 nitrogen and oxygen atoms in total. The molecule has 282 valence electrons. The van der Waals surface area contributed by atoms with Crippen LogP contribution in [0.15, 0.2) is 48.0 Å². The number of rotatable bonds is 10. The first-order valence-corrected chi connectivity index (χ1v) is 17.5. The first-order chi connectivity index (χ1) is 24.4. The Hall–Kier alpha value is -4.25. The Morgan fingerprint density at radius 1 is 1.04 bits per heavy atom. The van der Waals surface area contributed by atoms with E-state index in [0.717, 1.165) is 34.7 Å². The average molecular weight is 759 g/mol. The van der Waals surface area contributed by atoms with Crippen LogP contribution in [0, 0.1) is 5.82 Å². The lowest BCUT2D eigenvalue weighted by Gasteiger charge is -2.51. The number of benzene rings is 1. The zero-order valence-corrected chi connectivity index (χ0v) is 28.8. The standard InChI is InChI=1S/C35H37F7N4O5S/c1-2-5-26-33(51-23-19-27(52-20-23)35(40,41)42,11-4-15-46(26)30(49)29-24(34(37,38)39)6-3-14-44-29)31(50)45-16-12-32(43,13-17-45)25-18-22(36)9-7-21(25)8-10-28(47)48/h3,6-7,9,14,18-20,26H,2,4-5,8,10-13,15-17,43H2,1H3,(H,47,48)/t26-,33+/m1/s1. The number of carbonyl (C=O) groups excluding carboxylic acids is 2. The number of likely N-dealkylation sites (tertiary alicyclic amines) is 2. The maximum atomic E-state index is 14.8. The molecule has 0 saturated carbocycles. The maximum absolute atomic E-state index is 14.8. The third-order valence-corrected chi connectivity index (χ3v) is 10.6. The zero-order chi connectivity index (χ0) is 38.1. The summed E-state index contributed by atoms with van der Waals surface area (Å²) in [6, 6.07) is 5.20. The second-order valence-electron chi connectivity index (χ2n) is 13.1. The highest BCUT2D eigenvalue weighted by Crippen LogP contribution is 2.44. The number of alkyl halides is 6. The van der Waals surface area contributed by atoms with Crippen LogP contribution in [-0.2, 0) is 33.9 Å². The molecule has 5 rings (SSSR count). The van der Waals surface area contributed by atoms with Crippen LogP contribution < -0.4 is 10.5 Å². The van der Waals surface area contributed by atoms with Gasteiger partial charge >= 0.3 is 18.3 Å². The molecular weight excluding hydrogens is 721 g/mol. The van der Waals surface area contributed by atoms with Gasteiger partial charge in [-0.15, -0.1) is 11.3 Å². The van der Waals surface area contributed by atoms with Crippen molar-refractivity contribution in [3.05, 3.63) is 81.1 Å². The van der Waals surface area contributed by atoms with Crippen molar-refractivity contribution in [2.45, 2.75) is 87.8 Å². The predicted molar refractivity (Wildman–Crippen MR) is 175 cm³/mol. The van der Waals surface area contributed by atoms with E-state index < -0.39 is 69.3 Å². The normalized spacial score (nSPS) is 20.8. The van der Waals surface area contributed by atoms with E-state index >= 15 is 0 Å². The number of aliphatic carboxylic acids is 1. The topological polar surface area (TPSA) is 126 Å². The van der Waals surface area contributed by atoms with Crippen LogP contribution in [-0.4, -0.2) is 69.0 Å². The Kier molecular flexibility index (Phi) is 11.2. The molecule has 2 aliphatic rings. The number of carboxylic acid groups (broad SMARTS) is 1. The van der Waals surface area contributed by atoms with Crippen LogP contribution in [0.3, 0.4) is 0 Å². The number of aromatic nitrogens is 1. The van der Waals surface area contributed by atoms with E-state index in [0.29, 0.717) is 28.9 Å². The fourth-order valence-electron chi connectivity index (χ4n) is 7.19. The second kappa shape index (κ2) is 15.0. The molecule has 2 saturated heterocycles. The van der Waals surface area contributed by atoms with Gasteiger partial charge in [0.25, 0.3) is 11.8 Å². The molecule has 0 bridgehead atoms. The van der Waals surface area contributed by atoms with Crippen LogP contribution in [0.4, 0.5) is 30.7 Å². The summed E-state index contributed by atoms with van der Waals surface area (Å²) < 4.78 is 104. The van der Waals surface area contributed by atoms with Gasteiger partial charge in [-0.05, 0) is 67.5 Å². The first-order valence-electron chi connectivity index (χ1n) is 16.7. The van der Waals surface area contributed by atoms with Crippen molar-refractivity contribution in [3.8, 4) is 5.75 Å². The molecule has 3 N–H and O–H groups in total. The number of pyridine rings is 1. The van der Waals surface area contributed by atoms with Crippen molar-refractivity contribution >= 4 is 29.1 Å². The third-order valence-electron chi connectivity index (χ3n) is 9.68. The second-order valence-corrected chi connectivity index (χ2v) is 14.0. The fraction of sp³-hybridized carbons (Fsp3) is 0.486. The highest BCUT2D eigenvalue weighted by Gasteiger charge is 2.56. The Morgan fingerprint density at radius 2 is 1.75 bits per heavy atom. The molecule has 0 spiro atoms. The van der Waals surface area contributed by atoms with Gasteiger partial charge in [-0.3, -0.25) is 19.4 Å². The van der Waals surface area contributed by atoms with Crippen LogP contribution in [0.5, 0.6) is 5.75 Å². The first kappa shape index (κ1) is 39.0. The number of halogens is 7. The summed E-state index contributed by atoms with van der Waals surface area (Å²) in [6.45, 7) is 1.60. The van der Waals surface area contributed by atoms with Crippen LogP contribution in [0.1, 0.15) is 83.9 Å². The monoisotopic (exact) mass is 758 g/mol. The van der Waals surface area contributed by atoms with E-state index in [4.69, 9.17) is 10.5 Å². The van der Waals surface area contributed by atoms with Crippen molar-refractivity contribution in [2.24, 2.45) is 5.73 Å². The molecule has 4 heterocycles. The maximum Gasteiger partial charge on any atom is 0.425 e. The van der Waals surface area contributed by atoms with Gasteiger partial charge in [0.15, 0.2) is 0 Å². The van der Waals surface area contributed by atoms with Crippen molar-refractivity contribution in [1.82, 2.24) is 14.8 Å². The number of nitrogens with two attached hydrogens (primary N) is 1. The van der Waals surface area contributed by atoms with Gasteiger partial charge in [0, 0.05) is 55.7 Å². The van der Waals surface area contributed by atoms with Crippen LogP contribution >= 0.6 is 11.3 Å². The number of hydrogen-bond donors (Lipinski definition) is 2. The SMILES string of the molecule is CCC[C@H]1N(C(=O)c2ncccc2C(F)(F)F)CCC[C@@]1(Oc1csc(C(F)(F)F)c1)C(=O)N1CCC(N)(c2cc(F)ccc2CCC(=O)O)CC1. The molecule has 0 radical (unpaired) electrons. The summed E-state index contributed by atoms with van der Waals surface area (Å²) in [5.74, 6) is -3.72. The number of ether oxygens (including phenoxy) is 1. The summed E-state index contributed by atoms with van der Waals surface area (Å²) in [6.07, 6.45) is -8.22. The van der Waals surface area contributed by atoms with E-state index in [2.05, 4.69) is 4.98 Å². The minimum absolute atomic E-state index is 0.0297. The molecule has 52 heavy (non-hydrogen) atoms. The summed E-state index contributed by atoms with van der Waals surface area (Å²) in [7, 11) is 0. The number of aryl methyl sites for hydroxylation is 1. The largest absolute Gasteiger partial charge is 0.481 e. The van der Waals surface area contributed by atoms with Crippen LogP contribution in [0.25, 0.3) is 0 Å². The van der Waals surface area contributed by atoms with Gasteiger partial charge in [0.05, 0.1) is 11.6 Å². The predicted octanol–water partition coefficient (Wildman–Crippen LogP) is 7.04. The molecule has 2 aromatic heterocycles.